The number of hydrogen-bond donors (Lipinski definition) is 0. The molecule has 0 saturated carbocycles. The van der Waals surface area contributed by atoms with Crippen LogP contribution in [0.3, 0.4) is 0 Å². The zero-order chi connectivity index (χ0) is 21.7. The fraction of sp³-hybridized carbons (Fsp3) is 0.360. The minimum atomic E-state index is -0.696. The Bertz CT molecular complexity index is 912. The monoisotopic (exact) mass is 434 g/mol. The summed E-state index contributed by atoms with van der Waals surface area (Å²) in [6, 6.07) is 20.5. The summed E-state index contributed by atoms with van der Waals surface area (Å²) in [7, 11) is 3.71. The fourth-order valence-corrected chi connectivity index (χ4v) is 5.19. The second kappa shape index (κ2) is 9.62. The van der Waals surface area contributed by atoms with E-state index < -0.39 is 5.41 Å². The third-order valence-electron chi connectivity index (χ3n) is 6.17. The van der Waals surface area contributed by atoms with Gasteiger partial charge in [-0.25, -0.2) is 4.98 Å². The minimum absolute atomic E-state index is 0.131. The Morgan fingerprint density at radius 3 is 2.03 bits per heavy atom. The van der Waals surface area contributed by atoms with E-state index in [1.807, 2.05) is 62.1 Å². The number of aromatic nitrogens is 1. The first-order valence-electron chi connectivity index (χ1n) is 10.8. The van der Waals surface area contributed by atoms with Gasteiger partial charge in [0.05, 0.1) is 0 Å². The van der Waals surface area contributed by atoms with E-state index in [4.69, 9.17) is 0 Å². The molecule has 0 aliphatic carbocycles. The molecule has 1 aliphatic rings. The van der Waals surface area contributed by atoms with Gasteiger partial charge in [0.15, 0.2) is 5.13 Å². The Hall–Kier alpha value is -2.70. The largest absolute Gasteiger partial charge is 0.348 e. The van der Waals surface area contributed by atoms with E-state index in [0.29, 0.717) is 0 Å². The third kappa shape index (κ3) is 4.50. The lowest BCUT2D eigenvalue weighted by molar-refractivity contribution is -0.133. The Balaban J connectivity index is 1.59. The van der Waals surface area contributed by atoms with Gasteiger partial charge in [0, 0.05) is 51.9 Å². The Morgan fingerprint density at radius 1 is 0.968 bits per heavy atom. The SMILES string of the molecule is CN(C)C(=O)C(CCN1CCN(c2nccs2)CC1)(c1ccccc1)c1ccccc1. The van der Waals surface area contributed by atoms with Crippen LogP contribution in [0, 0.1) is 0 Å². The quantitative estimate of drug-likeness (QED) is 0.568. The Kier molecular flexibility index (Phi) is 6.68. The molecule has 2 heterocycles. The van der Waals surface area contributed by atoms with Crippen LogP contribution in [0.25, 0.3) is 0 Å². The van der Waals surface area contributed by atoms with Crippen molar-refractivity contribution in [1.29, 1.82) is 0 Å². The number of carbonyl (C=O) groups is 1. The summed E-state index contributed by atoms with van der Waals surface area (Å²) in [5.41, 5.74) is 1.42. The normalized spacial score (nSPS) is 15.1. The van der Waals surface area contributed by atoms with Crippen LogP contribution in [-0.2, 0) is 10.2 Å². The van der Waals surface area contributed by atoms with E-state index in [-0.39, 0.29) is 5.91 Å². The van der Waals surface area contributed by atoms with Crippen molar-refractivity contribution in [2.75, 3.05) is 51.7 Å². The van der Waals surface area contributed by atoms with E-state index in [1.165, 1.54) is 0 Å². The van der Waals surface area contributed by atoms with Crippen molar-refractivity contribution >= 4 is 22.4 Å². The van der Waals surface area contributed by atoms with E-state index in [9.17, 15) is 4.79 Å². The number of benzene rings is 2. The molecule has 0 atom stereocenters. The molecular weight excluding hydrogens is 404 g/mol. The van der Waals surface area contributed by atoms with Crippen LogP contribution in [0.5, 0.6) is 0 Å². The fourth-order valence-electron chi connectivity index (χ4n) is 4.50. The Morgan fingerprint density at radius 2 is 1.55 bits per heavy atom. The molecule has 5 nitrogen and oxygen atoms in total. The van der Waals surface area contributed by atoms with Gasteiger partial charge in [0.1, 0.15) is 5.41 Å². The predicted molar refractivity (Wildman–Crippen MR) is 128 cm³/mol. The van der Waals surface area contributed by atoms with E-state index >= 15 is 0 Å². The maximum atomic E-state index is 13.7. The number of rotatable bonds is 7. The molecular formula is C25H30N4OS. The molecule has 1 fully saturated rings. The summed E-state index contributed by atoms with van der Waals surface area (Å²) < 4.78 is 0. The molecule has 0 radical (unpaired) electrons. The van der Waals surface area contributed by atoms with Gasteiger partial charge in [-0.3, -0.25) is 9.69 Å². The predicted octanol–water partition coefficient (Wildman–Crippen LogP) is 3.73. The number of amides is 1. The van der Waals surface area contributed by atoms with Gasteiger partial charge in [0.2, 0.25) is 5.91 Å². The smallest absolute Gasteiger partial charge is 0.237 e. The summed E-state index contributed by atoms with van der Waals surface area (Å²) in [5.74, 6) is 0.131. The van der Waals surface area contributed by atoms with Crippen molar-refractivity contribution in [2.24, 2.45) is 0 Å². The molecule has 0 unspecified atom stereocenters. The molecule has 4 rings (SSSR count). The van der Waals surface area contributed by atoms with Gasteiger partial charge in [0.25, 0.3) is 0 Å². The summed E-state index contributed by atoms with van der Waals surface area (Å²) in [6.45, 7) is 4.78. The van der Waals surface area contributed by atoms with Crippen molar-refractivity contribution in [3.63, 3.8) is 0 Å². The molecule has 0 bridgehead atoms. The maximum absolute atomic E-state index is 13.7. The van der Waals surface area contributed by atoms with E-state index in [2.05, 4.69) is 39.0 Å². The zero-order valence-corrected chi connectivity index (χ0v) is 19.1. The zero-order valence-electron chi connectivity index (χ0n) is 18.3. The number of anilines is 1. The average molecular weight is 435 g/mol. The second-order valence-corrected chi connectivity index (χ2v) is 9.10. The van der Waals surface area contributed by atoms with Crippen LogP contribution in [0.1, 0.15) is 17.5 Å². The van der Waals surface area contributed by atoms with Crippen LogP contribution in [-0.4, -0.2) is 67.5 Å². The summed E-state index contributed by atoms with van der Waals surface area (Å²) in [5, 5.41) is 3.13. The summed E-state index contributed by atoms with van der Waals surface area (Å²) in [6.07, 6.45) is 2.61. The highest BCUT2D eigenvalue weighted by atomic mass is 32.1. The van der Waals surface area contributed by atoms with Gasteiger partial charge in [-0.15, -0.1) is 11.3 Å². The number of hydrogen-bond acceptors (Lipinski definition) is 5. The molecule has 1 aromatic heterocycles. The summed E-state index contributed by atoms with van der Waals surface area (Å²) in [4.78, 5) is 24.8. The lowest BCUT2D eigenvalue weighted by Crippen LogP contribution is -2.50. The van der Waals surface area contributed by atoms with Crippen molar-refractivity contribution in [1.82, 2.24) is 14.8 Å². The van der Waals surface area contributed by atoms with E-state index in [0.717, 1.165) is 55.4 Å². The highest BCUT2D eigenvalue weighted by Crippen LogP contribution is 2.38. The first kappa shape index (κ1) is 21.5. The number of nitrogens with zero attached hydrogens (tertiary/aromatic N) is 4. The van der Waals surface area contributed by atoms with Crippen LogP contribution >= 0.6 is 11.3 Å². The molecule has 0 spiro atoms. The first-order chi connectivity index (χ1) is 15.1. The average Bonchev–Trinajstić information content (AvgIpc) is 3.36. The number of thiazole rings is 1. The molecule has 6 heteroatoms. The Labute approximate surface area is 188 Å². The molecule has 162 valence electrons. The summed E-state index contributed by atoms with van der Waals surface area (Å²) >= 11 is 1.70. The lowest BCUT2D eigenvalue weighted by atomic mass is 9.70. The highest BCUT2D eigenvalue weighted by Gasteiger charge is 2.43. The van der Waals surface area contributed by atoms with Crippen LogP contribution in [0.15, 0.2) is 72.2 Å². The van der Waals surface area contributed by atoms with Crippen LogP contribution < -0.4 is 4.90 Å². The number of likely N-dealkylation sites (N-methyl/N-ethyl adjacent to an activating group) is 1. The molecule has 0 N–H and O–H groups in total. The molecule has 1 amide bonds. The van der Waals surface area contributed by atoms with Gasteiger partial charge < -0.3 is 9.80 Å². The highest BCUT2D eigenvalue weighted by molar-refractivity contribution is 7.13. The molecule has 2 aromatic carbocycles. The molecule has 1 aliphatic heterocycles. The second-order valence-electron chi connectivity index (χ2n) is 8.23. The molecule has 1 saturated heterocycles. The van der Waals surface area contributed by atoms with Crippen molar-refractivity contribution in [3.05, 3.63) is 83.4 Å². The first-order valence-corrected chi connectivity index (χ1v) is 11.7. The van der Waals surface area contributed by atoms with Gasteiger partial charge in [-0.05, 0) is 24.1 Å². The minimum Gasteiger partial charge on any atom is -0.348 e. The van der Waals surface area contributed by atoms with Gasteiger partial charge >= 0.3 is 0 Å². The standard InChI is InChI=1S/C25H30N4OS/c1-27(2)23(30)25(21-9-5-3-6-10-21,22-11-7-4-8-12-22)13-15-28-16-18-29(19-17-28)24-26-14-20-31-24/h3-12,14,20H,13,15-19H2,1-2H3. The van der Waals surface area contributed by atoms with Crippen molar-refractivity contribution in [3.8, 4) is 0 Å². The lowest BCUT2D eigenvalue weighted by Gasteiger charge is -2.39. The molecule has 31 heavy (non-hydrogen) atoms. The van der Waals surface area contributed by atoms with Crippen LogP contribution in [0.4, 0.5) is 5.13 Å². The topological polar surface area (TPSA) is 39.7 Å². The van der Waals surface area contributed by atoms with Crippen LogP contribution in [0.2, 0.25) is 0 Å². The number of piperazine rings is 1. The van der Waals surface area contributed by atoms with Gasteiger partial charge in [-0.1, -0.05) is 60.7 Å². The van der Waals surface area contributed by atoms with Crippen molar-refractivity contribution < 1.29 is 4.79 Å². The number of carbonyl (C=O) groups excluding carboxylic acids is 1. The third-order valence-corrected chi connectivity index (χ3v) is 7.00. The maximum Gasteiger partial charge on any atom is 0.237 e. The van der Waals surface area contributed by atoms with E-state index in [1.54, 1.807) is 16.2 Å². The molecule has 3 aromatic rings. The van der Waals surface area contributed by atoms with Gasteiger partial charge in [-0.2, -0.15) is 0 Å². The van der Waals surface area contributed by atoms with Crippen molar-refractivity contribution in [2.45, 2.75) is 11.8 Å².